The number of aromatic nitrogens is 2. The molecular weight excluding hydrogens is 220 g/mol. The molecule has 0 fully saturated rings. The fourth-order valence-electron chi connectivity index (χ4n) is 1.57. The van der Waals surface area contributed by atoms with Crippen LogP contribution in [0.3, 0.4) is 0 Å². The molecule has 1 atom stereocenters. The fourth-order valence-corrected chi connectivity index (χ4v) is 1.57. The van der Waals surface area contributed by atoms with Crippen LogP contribution in [0.2, 0.25) is 0 Å². The molecule has 0 radical (unpaired) electrons. The molecule has 0 saturated heterocycles. The number of aliphatic hydroxyl groups excluding tert-OH is 1. The number of rotatable bonds is 8. The van der Waals surface area contributed by atoms with Crippen molar-refractivity contribution in [2.75, 3.05) is 39.1 Å². The van der Waals surface area contributed by atoms with Gasteiger partial charge in [-0.2, -0.15) is 5.10 Å². The zero-order valence-electron chi connectivity index (χ0n) is 10.5. The molecule has 0 bridgehead atoms. The molecule has 6 nitrogen and oxygen atoms in total. The maximum Gasteiger partial charge on any atom is 0.0862 e. The number of hydrogen-bond donors (Lipinski definition) is 2. The van der Waals surface area contributed by atoms with Gasteiger partial charge in [0.25, 0.3) is 0 Å². The van der Waals surface area contributed by atoms with Gasteiger partial charge in [-0.3, -0.25) is 4.68 Å². The summed E-state index contributed by atoms with van der Waals surface area (Å²) in [5.74, 6) is 0. The molecule has 0 spiro atoms. The molecule has 1 heterocycles. The molecule has 1 aromatic heterocycles. The van der Waals surface area contributed by atoms with Gasteiger partial charge >= 0.3 is 0 Å². The summed E-state index contributed by atoms with van der Waals surface area (Å²) < 4.78 is 6.90. The predicted molar refractivity (Wildman–Crippen MR) is 66.6 cm³/mol. The molecule has 0 saturated carbocycles. The van der Waals surface area contributed by atoms with Crippen molar-refractivity contribution in [2.24, 2.45) is 0 Å². The Morgan fingerprint density at radius 1 is 1.65 bits per heavy atom. The average molecular weight is 242 g/mol. The Bertz CT molecular complexity index is 316. The molecule has 0 aliphatic heterocycles. The van der Waals surface area contributed by atoms with E-state index in [1.807, 2.05) is 18.9 Å². The largest absolute Gasteiger partial charge is 0.396 e. The SMILES string of the molecule is CCOCCN(C)CC(O)Cn1cc(N)cn1. The monoisotopic (exact) mass is 242 g/mol. The molecule has 0 aliphatic rings. The van der Waals surface area contributed by atoms with E-state index in [1.54, 1.807) is 17.1 Å². The molecule has 0 aliphatic carbocycles. The van der Waals surface area contributed by atoms with Crippen LogP contribution in [-0.4, -0.2) is 59.2 Å². The lowest BCUT2D eigenvalue weighted by Crippen LogP contribution is -2.34. The van der Waals surface area contributed by atoms with Gasteiger partial charge in [-0.15, -0.1) is 0 Å². The molecule has 1 unspecified atom stereocenters. The highest BCUT2D eigenvalue weighted by molar-refractivity contribution is 5.30. The van der Waals surface area contributed by atoms with Gasteiger partial charge in [0.2, 0.25) is 0 Å². The zero-order valence-corrected chi connectivity index (χ0v) is 10.5. The first-order valence-corrected chi connectivity index (χ1v) is 5.84. The van der Waals surface area contributed by atoms with Crippen molar-refractivity contribution in [2.45, 2.75) is 19.6 Å². The Kier molecular flexibility index (Phi) is 5.96. The number of nitrogen functional groups attached to an aromatic ring is 1. The minimum absolute atomic E-state index is 0.455. The summed E-state index contributed by atoms with van der Waals surface area (Å²) in [6.07, 6.45) is 2.83. The highest BCUT2D eigenvalue weighted by Crippen LogP contribution is 2.00. The number of nitrogens with two attached hydrogens (primary N) is 1. The highest BCUT2D eigenvalue weighted by Gasteiger charge is 2.09. The van der Waals surface area contributed by atoms with Crippen molar-refractivity contribution in [3.05, 3.63) is 12.4 Å². The van der Waals surface area contributed by atoms with Crippen LogP contribution in [0, 0.1) is 0 Å². The van der Waals surface area contributed by atoms with Gasteiger partial charge in [0.15, 0.2) is 0 Å². The normalized spacial score (nSPS) is 13.2. The second-order valence-corrected chi connectivity index (χ2v) is 4.11. The van der Waals surface area contributed by atoms with E-state index in [2.05, 4.69) is 5.10 Å². The molecular formula is C11H22N4O2. The maximum absolute atomic E-state index is 9.85. The number of hydrogen-bond acceptors (Lipinski definition) is 5. The van der Waals surface area contributed by atoms with Crippen LogP contribution in [-0.2, 0) is 11.3 Å². The third-order valence-electron chi connectivity index (χ3n) is 2.39. The van der Waals surface area contributed by atoms with Crippen molar-refractivity contribution in [3.8, 4) is 0 Å². The van der Waals surface area contributed by atoms with Gasteiger partial charge < -0.3 is 20.5 Å². The molecule has 1 rings (SSSR count). The van der Waals surface area contributed by atoms with E-state index in [4.69, 9.17) is 10.5 Å². The van der Waals surface area contributed by atoms with E-state index in [9.17, 15) is 5.11 Å². The summed E-state index contributed by atoms with van der Waals surface area (Å²) in [5.41, 5.74) is 6.16. The fraction of sp³-hybridized carbons (Fsp3) is 0.727. The first-order chi connectivity index (χ1) is 8.11. The van der Waals surface area contributed by atoms with Crippen molar-refractivity contribution < 1.29 is 9.84 Å². The van der Waals surface area contributed by atoms with Gasteiger partial charge in [0.1, 0.15) is 0 Å². The lowest BCUT2D eigenvalue weighted by atomic mass is 10.3. The van der Waals surface area contributed by atoms with E-state index in [-0.39, 0.29) is 0 Å². The maximum atomic E-state index is 9.85. The molecule has 17 heavy (non-hydrogen) atoms. The van der Waals surface area contributed by atoms with Crippen LogP contribution in [0.1, 0.15) is 6.92 Å². The van der Waals surface area contributed by atoms with E-state index < -0.39 is 6.10 Å². The highest BCUT2D eigenvalue weighted by atomic mass is 16.5. The Morgan fingerprint density at radius 3 is 3.00 bits per heavy atom. The van der Waals surface area contributed by atoms with Crippen LogP contribution < -0.4 is 5.73 Å². The van der Waals surface area contributed by atoms with Crippen molar-refractivity contribution in [3.63, 3.8) is 0 Å². The van der Waals surface area contributed by atoms with Gasteiger partial charge in [-0.1, -0.05) is 0 Å². The molecule has 0 amide bonds. The summed E-state index contributed by atoms with van der Waals surface area (Å²) in [6.45, 7) is 5.24. The third-order valence-corrected chi connectivity index (χ3v) is 2.39. The summed E-state index contributed by atoms with van der Waals surface area (Å²) in [4.78, 5) is 2.03. The van der Waals surface area contributed by atoms with Crippen LogP contribution in [0.5, 0.6) is 0 Å². The van der Waals surface area contributed by atoms with E-state index in [0.717, 1.165) is 13.2 Å². The van der Waals surface area contributed by atoms with Crippen LogP contribution in [0.4, 0.5) is 5.69 Å². The molecule has 6 heteroatoms. The lowest BCUT2D eigenvalue weighted by molar-refractivity contribution is 0.0795. The van der Waals surface area contributed by atoms with Crippen molar-refractivity contribution in [1.82, 2.24) is 14.7 Å². The number of anilines is 1. The molecule has 0 aromatic carbocycles. The topological polar surface area (TPSA) is 76.5 Å². The Morgan fingerprint density at radius 2 is 2.41 bits per heavy atom. The number of likely N-dealkylation sites (N-methyl/N-ethyl adjacent to an activating group) is 1. The number of ether oxygens (including phenoxy) is 1. The third kappa shape index (κ3) is 5.67. The Hall–Kier alpha value is -1.11. The Balaban J connectivity index is 2.21. The first kappa shape index (κ1) is 14.0. The minimum atomic E-state index is -0.457. The van der Waals surface area contributed by atoms with Gasteiger partial charge in [0, 0.05) is 25.9 Å². The van der Waals surface area contributed by atoms with Crippen molar-refractivity contribution in [1.29, 1.82) is 0 Å². The molecule has 1 aromatic rings. The van der Waals surface area contributed by atoms with Gasteiger partial charge in [0.05, 0.1) is 31.1 Å². The summed E-state index contributed by atoms with van der Waals surface area (Å²) in [7, 11) is 1.96. The molecule has 98 valence electrons. The summed E-state index contributed by atoms with van der Waals surface area (Å²) in [6, 6.07) is 0. The van der Waals surface area contributed by atoms with Gasteiger partial charge in [-0.25, -0.2) is 0 Å². The standard InChI is InChI=1S/C11H22N4O2/c1-3-17-5-4-14(2)8-11(16)9-15-7-10(12)6-13-15/h6-7,11,16H,3-5,8-9,12H2,1-2H3. The second kappa shape index (κ2) is 7.26. The first-order valence-electron chi connectivity index (χ1n) is 5.84. The number of aliphatic hydroxyl groups is 1. The predicted octanol–water partition coefficient (Wildman–Crippen LogP) is -0.205. The van der Waals surface area contributed by atoms with E-state index in [0.29, 0.717) is 25.4 Å². The van der Waals surface area contributed by atoms with Crippen LogP contribution in [0.15, 0.2) is 12.4 Å². The smallest absolute Gasteiger partial charge is 0.0862 e. The van der Waals surface area contributed by atoms with E-state index >= 15 is 0 Å². The quantitative estimate of drug-likeness (QED) is 0.617. The van der Waals surface area contributed by atoms with Crippen LogP contribution >= 0.6 is 0 Å². The lowest BCUT2D eigenvalue weighted by Gasteiger charge is -2.20. The average Bonchev–Trinajstić information content (AvgIpc) is 2.64. The Labute approximate surface area is 102 Å². The van der Waals surface area contributed by atoms with E-state index in [1.165, 1.54) is 0 Å². The van der Waals surface area contributed by atoms with Gasteiger partial charge in [-0.05, 0) is 14.0 Å². The molecule has 3 N–H and O–H groups in total. The minimum Gasteiger partial charge on any atom is -0.396 e. The van der Waals surface area contributed by atoms with Crippen molar-refractivity contribution >= 4 is 5.69 Å². The second-order valence-electron chi connectivity index (χ2n) is 4.11. The summed E-state index contributed by atoms with van der Waals surface area (Å²) in [5, 5.41) is 13.9. The van der Waals surface area contributed by atoms with Crippen LogP contribution in [0.25, 0.3) is 0 Å². The summed E-state index contributed by atoms with van der Waals surface area (Å²) >= 11 is 0. The number of nitrogens with zero attached hydrogens (tertiary/aromatic N) is 3. The zero-order chi connectivity index (χ0) is 12.7.